The number of amides is 1. The van der Waals surface area contributed by atoms with Crippen LogP contribution in [0.15, 0.2) is 0 Å². The summed E-state index contributed by atoms with van der Waals surface area (Å²) in [6.07, 6.45) is 8.14. The first kappa shape index (κ1) is 15.8. The van der Waals surface area contributed by atoms with Crippen molar-refractivity contribution in [2.45, 2.75) is 57.9 Å². The van der Waals surface area contributed by atoms with Gasteiger partial charge in [-0.25, -0.2) is 0 Å². The fraction of sp³-hybridized carbons (Fsp3) is 0.938. The minimum Gasteiger partial charge on any atom is -0.381 e. The number of carbonyl (C=O) groups excluding carboxylic acids is 1. The van der Waals surface area contributed by atoms with E-state index < -0.39 is 0 Å². The Hall–Kier alpha value is -0.610. The van der Waals surface area contributed by atoms with Gasteiger partial charge in [-0.1, -0.05) is 12.8 Å². The average molecular weight is 282 g/mol. The molecule has 1 saturated carbocycles. The highest BCUT2D eigenvalue weighted by atomic mass is 16.5. The summed E-state index contributed by atoms with van der Waals surface area (Å²) >= 11 is 0. The maximum Gasteiger partial charge on any atom is 0.220 e. The van der Waals surface area contributed by atoms with Crippen LogP contribution in [0.2, 0.25) is 0 Å². The smallest absolute Gasteiger partial charge is 0.220 e. The summed E-state index contributed by atoms with van der Waals surface area (Å²) in [6.45, 7) is 5.66. The molecule has 0 radical (unpaired) electrons. The molecule has 2 rings (SSSR count). The second-order valence-electron chi connectivity index (χ2n) is 6.40. The minimum absolute atomic E-state index is 0.234. The Bertz CT molecular complexity index is 284. The highest BCUT2D eigenvalue weighted by Crippen LogP contribution is 2.27. The first-order valence-electron chi connectivity index (χ1n) is 8.33. The van der Waals surface area contributed by atoms with Gasteiger partial charge in [0.2, 0.25) is 5.91 Å². The lowest BCUT2D eigenvalue weighted by Crippen LogP contribution is -2.41. The van der Waals surface area contributed by atoms with E-state index in [0.717, 1.165) is 51.5 Å². The molecular formula is C16H30N2O2. The largest absolute Gasteiger partial charge is 0.381 e. The maximum absolute atomic E-state index is 11.8. The van der Waals surface area contributed by atoms with Gasteiger partial charge < -0.3 is 15.4 Å². The summed E-state index contributed by atoms with van der Waals surface area (Å²) in [5.41, 5.74) is 0. The highest BCUT2D eigenvalue weighted by molar-refractivity contribution is 5.76. The third-order valence-corrected chi connectivity index (χ3v) is 4.84. The van der Waals surface area contributed by atoms with E-state index in [-0.39, 0.29) is 5.91 Å². The minimum atomic E-state index is 0.234. The van der Waals surface area contributed by atoms with Crippen molar-refractivity contribution in [3.63, 3.8) is 0 Å². The molecule has 1 unspecified atom stereocenters. The molecule has 2 N–H and O–H groups in total. The molecule has 0 aromatic carbocycles. The van der Waals surface area contributed by atoms with Crippen LogP contribution in [0.3, 0.4) is 0 Å². The summed E-state index contributed by atoms with van der Waals surface area (Å²) in [5, 5.41) is 6.57. The number of carbonyl (C=O) groups is 1. The molecule has 0 bridgehead atoms. The van der Waals surface area contributed by atoms with Crippen LogP contribution in [-0.2, 0) is 9.53 Å². The molecule has 1 saturated heterocycles. The topological polar surface area (TPSA) is 50.4 Å². The number of ether oxygens (including phenoxy) is 1. The quantitative estimate of drug-likeness (QED) is 0.703. The lowest BCUT2D eigenvalue weighted by atomic mass is 9.93. The Morgan fingerprint density at radius 3 is 2.55 bits per heavy atom. The molecule has 1 aliphatic carbocycles. The standard InChI is InChI=1S/C16H30N2O2/c1-13(15-6-10-20-11-7-15)17-8-9-18-16(19)12-14-4-2-3-5-14/h13-15,17H,2-12H2,1H3,(H,18,19). The Kier molecular flexibility index (Phi) is 6.80. The zero-order chi connectivity index (χ0) is 14.2. The third kappa shape index (κ3) is 5.41. The van der Waals surface area contributed by atoms with Gasteiger partial charge in [0.1, 0.15) is 0 Å². The summed E-state index contributed by atoms with van der Waals surface area (Å²) in [6, 6.07) is 0.519. The van der Waals surface area contributed by atoms with Crippen molar-refractivity contribution in [2.75, 3.05) is 26.3 Å². The van der Waals surface area contributed by atoms with Gasteiger partial charge in [-0.2, -0.15) is 0 Å². The van der Waals surface area contributed by atoms with Crippen LogP contribution in [0.1, 0.15) is 51.9 Å². The van der Waals surface area contributed by atoms with Gasteiger partial charge in [-0.15, -0.1) is 0 Å². The highest BCUT2D eigenvalue weighted by Gasteiger charge is 2.20. The van der Waals surface area contributed by atoms with E-state index >= 15 is 0 Å². The molecular weight excluding hydrogens is 252 g/mol. The lowest BCUT2D eigenvalue weighted by Gasteiger charge is -2.28. The zero-order valence-corrected chi connectivity index (χ0v) is 12.8. The Morgan fingerprint density at radius 1 is 1.15 bits per heavy atom. The van der Waals surface area contributed by atoms with Crippen LogP contribution in [0.4, 0.5) is 0 Å². The molecule has 4 nitrogen and oxygen atoms in total. The van der Waals surface area contributed by atoms with E-state index in [1.807, 2.05) is 0 Å². The summed E-state index contributed by atoms with van der Waals surface area (Å²) < 4.78 is 5.39. The van der Waals surface area contributed by atoms with E-state index in [2.05, 4.69) is 17.6 Å². The summed E-state index contributed by atoms with van der Waals surface area (Å²) in [5.74, 6) is 1.60. The molecule has 1 heterocycles. The molecule has 116 valence electrons. The van der Waals surface area contributed by atoms with Crippen molar-refractivity contribution in [1.82, 2.24) is 10.6 Å². The second kappa shape index (κ2) is 8.63. The molecule has 1 atom stereocenters. The van der Waals surface area contributed by atoms with Crippen molar-refractivity contribution in [2.24, 2.45) is 11.8 Å². The Morgan fingerprint density at radius 2 is 1.85 bits per heavy atom. The normalized spacial score (nSPS) is 22.9. The van der Waals surface area contributed by atoms with Crippen LogP contribution >= 0.6 is 0 Å². The Labute approximate surface area is 123 Å². The SMILES string of the molecule is CC(NCCNC(=O)CC1CCCC1)C1CCOCC1. The molecule has 1 amide bonds. The molecule has 20 heavy (non-hydrogen) atoms. The van der Waals surface area contributed by atoms with Gasteiger partial charge in [-0.3, -0.25) is 4.79 Å². The molecule has 2 fully saturated rings. The second-order valence-corrected chi connectivity index (χ2v) is 6.40. The van der Waals surface area contributed by atoms with E-state index in [4.69, 9.17) is 4.74 Å². The van der Waals surface area contributed by atoms with Crippen molar-refractivity contribution < 1.29 is 9.53 Å². The van der Waals surface area contributed by atoms with Gasteiger partial charge in [-0.05, 0) is 44.4 Å². The number of nitrogens with one attached hydrogen (secondary N) is 2. The van der Waals surface area contributed by atoms with Gasteiger partial charge in [0.15, 0.2) is 0 Å². The predicted molar refractivity (Wildman–Crippen MR) is 80.6 cm³/mol. The summed E-state index contributed by atoms with van der Waals surface area (Å²) in [4.78, 5) is 11.8. The molecule has 2 aliphatic rings. The van der Waals surface area contributed by atoms with Crippen LogP contribution in [0, 0.1) is 11.8 Å². The molecule has 0 aromatic rings. The van der Waals surface area contributed by atoms with Gasteiger partial charge in [0.05, 0.1) is 0 Å². The Balaban J connectivity index is 1.50. The summed E-state index contributed by atoms with van der Waals surface area (Å²) in [7, 11) is 0. The molecule has 4 heteroatoms. The monoisotopic (exact) mass is 282 g/mol. The molecule has 0 aromatic heterocycles. The van der Waals surface area contributed by atoms with E-state index in [0.29, 0.717) is 12.0 Å². The fourth-order valence-electron chi connectivity index (χ4n) is 3.43. The number of hydrogen-bond acceptors (Lipinski definition) is 3. The maximum atomic E-state index is 11.8. The first-order chi connectivity index (χ1) is 9.75. The third-order valence-electron chi connectivity index (χ3n) is 4.84. The van der Waals surface area contributed by atoms with Crippen molar-refractivity contribution >= 4 is 5.91 Å². The number of rotatable bonds is 7. The van der Waals surface area contributed by atoms with Gasteiger partial charge in [0, 0.05) is 38.8 Å². The van der Waals surface area contributed by atoms with Crippen molar-refractivity contribution in [3.8, 4) is 0 Å². The van der Waals surface area contributed by atoms with E-state index in [1.165, 1.54) is 25.7 Å². The van der Waals surface area contributed by atoms with Crippen molar-refractivity contribution in [3.05, 3.63) is 0 Å². The zero-order valence-electron chi connectivity index (χ0n) is 12.8. The molecule has 1 aliphatic heterocycles. The number of hydrogen-bond donors (Lipinski definition) is 2. The fourth-order valence-corrected chi connectivity index (χ4v) is 3.43. The van der Waals surface area contributed by atoms with E-state index in [1.54, 1.807) is 0 Å². The molecule has 0 spiro atoms. The van der Waals surface area contributed by atoms with Crippen LogP contribution < -0.4 is 10.6 Å². The van der Waals surface area contributed by atoms with Crippen LogP contribution in [-0.4, -0.2) is 38.3 Å². The first-order valence-corrected chi connectivity index (χ1v) is 8.33. The van der Waals surface area contributed by atoms with Gasteiger partial charge >= 0.3 is 0 Å². The van der Waals surface area contributed by atoms with Crippen molar-refractivity contribution in [1.29, 1.82) is 0 Å². The van der Waals surface area contributed by atoms with Crippen LogP contribution in [0.25, 0.3) is 0 Å². The van der Waals surface area contributed by atoms with Gasteiger partial charge in [0.25, 0.3) is 0 Å². The van der Waals surface area contributed by atoms with E-state index in [9.17, 15) is 4.79 Å². The lowest BCUT2D eigenvalue weighted by molar-refractivity contribution is -0.121. The predicted octanol–water partition coefficient (Wildman–Crippen LogP) is 2.09. The average Bonchev–Trinajstić information content (AvgIpc) is 2.97. The van der Waals surface area contributed by atoms with Crippen LogP contribution in [0.5, 0.6) is 0 Å².